The number of halogens is 1. The van der Waals surface area contributed by atoms with Crippen molar-refractivity contribution < 1.29 is 4.79 Å². The van der Waals surface area contributed by atoms with Gasteiger partial charge in [-0.05, 0) is 24.8 Å². The van der Waals surface area contributed by atoms with E-state index in [1.807, 2.05) is 11.0 Å². The first-order chi connectivity index (χ1) is 9.20. The van der Waals surface area contributed by atoms with Crippen LogP contribution in [0.3, 0.4) is 0 Å². The van der Waals surface area contributed by atoms with E-state index in [9.17, 15) is 4.79 Å². The van der Waals surface area contributed by atoms with Gasteiger partial charge in [-0.3, -0.25) is 4.79 Å². The third-order valence-corrected chi connectivity index (χ3v) is 3.91. The molecule has 1 fully saturated rings. The van der Waals surface area contributed by atoms with Crippen LogP contribution < -0.4 is 5.32 Å². The van der Waals surface area contributed by atoms with Crippen LogP contribution in [0.5, 0.6) is 0 Å². The van der Waals surface area contributed by atoms with Gasteiger partial charge in [0.05, 0.1) is 0 Å². The van der Waals surface area contributed by atoms with Gasteiger partial charge in [0.15, 0.2) is 0 Å². The lowest BCUT2D eigenvalue weighted by atomic mass is 9.92. The van der Waals surface area contributed by atoms with Gasteiger partial charge in [0.1, 0.15) is 0 Å². The summed E-state index contributed by atoms with van der Waals surface area (Å²) in [6.07, 6.45) is 1.64. The van der Waals surface area contributed by atoms with Crippen molar-refractivity contribution in [3.05, 3.63) is 35.9 Å². The highest BCUT2D eigenvalue weighted by Crippen LogP contribution is 2.24. The van der Waals surface area contributed by atoms with Gasteiger partial charge in [-0.2, -0.15) is 0 Å². The fourth-order valence-electron chi connectivity index (χ4n) is 2.72. The maximum atomic E-state index is 12.4. The molecule has 2 atom stereocenters. The molecule has 1 amide bonds. The quantitative estimate of drug-likeness (QED) is 0.927. The number of carbonyl (C=O) groups is 1. The van der Waals surface area contributed by atoms with E-state index in [1.54, 1.807) is 0 Å². The Morgan fingerprint density at radius 2 is 2.10 bits per heavy atom. The summed E-state index contributed by atoms with van der Waals surface area (Å²) in [5, 5.41) is 3.37. The van der Waals surface area contributed by atoms with Crippen molar-refractivity contribution in [1.82, 2.24) is 10.2 Å². The summed E-state index contributed by atoms with van der Waals surface area (Å²) < 4.78 is 0. The Bertz CT molecular complexity index is 410. The smallest absolute Gasteiger partial charge is 0.223 e. The third-order valence-electron chi connectivity index (χ3n) is 3.91. The van der Waals surface area contributed by atoms with Gasteiger partial charge in [0.25, 0.3) is 0 Å². The first-order valence-corrected chi connectivity index (χ1v) is 7.26. The van der Waals surface area contributed by atoms with Gasteiger partial charge in [0.2, 0.25) is 5.91 Å². The van der Waals surface area contributed by atoms with E-state index in [2.05, 4.69) is 43.4 Å². The molecule has 0 spiro atoms. The number of hydrogen-bond donors (Lipinski definition) is 1. The van der Waals surface area contributed by atoms with E-state index in [0.29, 0.717) is 24.3 Å². The molecule has 1 aliphatic rings. The summed E-state index contributed by atoms with van der Waals surface area (Å²) in [6, 6.07) is 10.8. The van der Waals surface area contributed by atoms with Gasteiger partial charge in [-0.25, -0.2) is 0 Å². The second-order valence-corrected chi connectivity index (χ2v) is 5.41. The van der Waals surface area contributed by atoms with Crippen LogP contribution in [0.1, 0.15) is 38.2 Å². The Hall–Kier alpha value is -1.06. The third kappa shape index (κ3) is 4.50. The van der Waals surface area contributed by atoms with Crippen LogP contribution in [0.25, 0.3) is 0 Å². The Kier molecular flexibility index (Phi) is 7.03. The van der Waals surface area contributed by atoms with E-state index >= 15 is 0 Å². The molecule has 0 aromatic heterocycles. The molecular weight excluding hydrogens is 272 g/mol. The number of carbonyl (C=O) groups excluding carboxylic acids is 1. The summed E-state index contributed by atoms with van der Waals surface area (Å²) in [5.41, 5.74) is 1.28. The summed E-state index contributed by atoms with van der Waals surface area (Å²) >= 11 is 0. The molecular formula is C16H25ClN2O. The molecule has 0 bridgehead atoms. The second-order valence-electron chi connectivity index (χ2n) is 5.41. The molecule has 4 heteroatoms. The summed E-state index contributed by atoms with van der Waals surface area (Å²) in [7, 11) is 0. The van der Waals surface area contributed by atoms with Crippen molar-refractivity contribution >= 4 is 18.3 Å². The number of nitrogens with one attached hydrogen (secondary N) is 1. The Morgan fingerprint density at radius 1 is 1.40 bits per heavy atom. The minimum absolute atomic E-state index is 0. The molecule has 1 aromatic carbocycles. The number of hydrogen-bond acceptors (Lipinski definition) is 2. The van der Waals surface area contributed by atoms with E-state index in [4.69, 9.17) is 0 Å². The summed E-state index contributed by atoms with van der Waals surface area (Å²) in [4.78, 5) is 14.4. The first-order valence-electron chi connectivity index (χ1n) is 7.26. The molecule has 112 valence electrons. The fourth-order valence-corrected chi connectivity index (χ4v) is 2.72. The van der Waals surface area contributed by atoms with Gasteiger partial charge in [0, 0.05) is 32.1 Å². The average Bonchev–Trinajstić information content (AvgIpc) is 2.45. The predicted octanol–water partition coefficient (Wildman–Crippen LogP) is 2.81. The van der Waals surface area contributed by atoms with E-state index < -0.39 is 0 Å². The summed E-state index contributed by atoms with van der Waals surface area (Å²) in [5.74, 6) is 0.642. The lowest BCUT2D eigenvalue weighted by molar-refractivity contribution is -0.132. The van der Waals surface area contributed by atoms with Crippen molar-refractivity contribution in [2.45, 2.75) is 38.6 Å². The Morgan fingerprint density at radius 3 is 2.70 bits per heavy atom. The number of rotatable bonds is 4. The monoisotopic (exact) mass is 296 g/mol. The standard InChI is InChI=1S/C16H24N2O.ClH/c1-3-14(15-7-5-4-6-8-15)11-16(19)18-10-9-17-13(2)12-18;/h4-8,13-14,17H,3,9-12H2,1-2H3;1H. The highest BCUT2D eigenvalue weighted by atomic mass is 35.5. The molecule has 20 heavy (non-hydrogen) atoms. The zero-order chi connectivity index (χ0) is 13.7. The van der Waals surface area contributed by atoms with Crippen LogP contribution in [0, 0.1) is 0 Å². The van der Waals surface area contributed by atoms with Crippen molar-refractivity contribution in [3.8, 4) is 0 Å². The number of nitrogens with zero attached hydrogens (tertiary/aromatic N) is 1. The van der Waals surface area contributed by atoms with Crippen LogP contribution in [-0.2, 0) is 4.79 Å². The molecule has 1 N–H and O–H groups in total. The molecule has 2 unspecified atom stereocenters. The number of amides is 1. The molecule has 3 nitrogen and oxygen atoms in total. The van der Waals surface area contributed by atoms with Crippen LogP contribution in [0.4, 0.5) is 0 Å². The molecule has 1 saturated heterocycles. The molecule has 0 saturated carbocycles. The van der Waals surface area contributed by atoms with E-state index in [1.165, 1.54) is 5.56 Å². The minimum atomic E-state index is 0. The van der Waals surface area contributed by atoms with Crippen molar-refractivity contribution in [1.29, 1.82) is 0 Å². The zero-order valence-corrected chi connectivity index (χ0v) is 13.2. The molecule has 2 rings (SSSR count). The highest BCUT2D eigenvalue weighted by molar-refractivity contribution is 5.85. The van der Waals surface area contributed by atoms with Crippen LogP contribution >= 0.6 is 12.4 Å². The van der Waals surface area contributed by atoms with Crippen molar-refractivity contribution in [3.63, 3.8) is 0 Å². The summed E-state index contributed by atoms with van der Waals surface area (Å²) in [6.45, 7) is 6.88. The van der Waals surface area contributed by atoms with Crippen molar-refractivity contribution in [2.24, 2.45) is 0 Å². The van der Waals surface area contributed by atoms with Gasteiger partial charge >= 0.3 is 0 Å². The Labute approximate surface area is 128 Å². The zero-order valence-electron chi connectivity index (χ0n) is 12.3. The highest BCUT2D eigenvalue weighted by Gasteiger charge is 2.23. The molecule has 1 aliphatic heterocycles. The van der Waals surface area contributed by atoms with E-state index in [0.717, 1.165) is 26.1 Å². The number of benzene rings is 1. The van der Waals surface area contributed by atoms with Gasteiger partial charge in [-0.1, -0.05) is 37.3 Å². The topological polar surface area (TPSA) is 32.3 Å². The molecule has 0 radical (unpaired) electrons. The lowest BCUT2D eigenvalue weighted by Gasteiger charge is -2.33. The predicted molar refractivity (Wildman–Crippen MR) is 85.4 cm³/mol. The lowest BCUT2D eigenvalue weighted by Crippen LogP contribution is -2.51. The Balaban J connectivity index is 0.00000200. The maximum Gasteiger partial charge on any atom is 0.223 e. The van der Waals surface area contributed by atoms with Crippen molar-refractivity contribution in [2.75, 3.05) is 19.6 Å². The molecule has 1 heterocycles. The maximum absolute atomic E-state index is 12.4. The fraction of sp³-hybridized carbons (Fsp3) is 0.562. The van der Waals surface area contributed by atoms with Gasteiger partial charge in [-0.15, -0.1) is 12.4 Å². The second kappa shape index (κ2) is 8.28. The average molecular weight is 297 g/mol. The van der Waals surface area contributed by atoms with Crippen LogP contribution in [0.15, 0.2) is 30.3 Å². The first kappa shape index (κ1) is 17.0. The largest absolute Gasteiger partial charge is 0.340 e. The van der Waals surface area contributed by atoms with Gasteiger partial charge < -0.3 is 10.2 Å². The van der Waals surface area contributed by atoms with E-state index in [-0.39, 0.29) is 12.4 Å². The van der Waals surface area contributed by atoms with Crippen LogP contribution in [-0.4, -0.2) is 36.5 Å². The minimum Gasteiger partial charge on any atom is -0.340 e. The normalized spacial score (nSPS) is 20.1. The number of piperazine rings is 1. The SMILES string of the molecule is CCC(CC(=O)N1CCNC(C)C1)c1ccccc1.Cl. The molecule has 0 aliphatic carbocycles. The molecule has 1 aromatic rings. The van der Waals surface area contributed by atoms with Crippen LogP contribution in [0.2, 0.25) is 0 Å².